The Morgan fingerprint density at radius 2 is 1.62 bits per heavy atom. The van der Waals surface area contributed by atoms with Crippen LogP contribution in [0.3, 0.4) is 0 Å². The largest absolute Gasteiger partial charge is 0.503 e. The van der Waals surface area contributed by atoms with Gasteiger partial charge in [-0.3, -0.25) is 0 Å². The molecular formula is C12H24O4. The normalized spacial score (nSPS) is 18.4. The van der Waals surface area contributed by atoms with E-state index in [9.17, 15) is 5.11 Å². The maximum atomic E-state index is 10.1. The predicted molar refractivity (Wildman–Crippen MR) is 62.8 cm³/mol. The van der Waals surface area contributed by atoms with Crippen molar-refractivity contribution in [2.45, 2.75) is 70.3 Å². The van der Waals surface area contributed by atoms with Crippen LogP contribution in [0.4, 0.5) is 4.79 Å². The fourth-order valence-corrected chi connectivity index (χ4v) is 2.16. The summed E-state index contributed by atoms with van der Waals surface area (Å²) < 4.78 is 0. The third-order valence-electron chi connectivity index (χ3n) is 3.03. The van der Waals surface area contributed by atoms with Crippen molar-refractivity contribution in [3.8, 4) is 0 Å². The highest BCUT2D eigenvalue weighted by atomic mass is 16.6. The molecule has 1 rings (SSSR count). The molecule has 3 N–H and O–H groups in total. The zero-order chi connectivity index (χ0) is 12.4. The third kappa shape index (κ3) is 8.53. The molecule has 16 heavy (non-hydrogen) atoms. The van der Waals surface area contributed by atoms with Gasteiger partial charge in [0.25, 0.3) is 0 Å². The van der Waals surface area contributed by atoms with E-state index in [0.29, 0.717) is 0 Å². The molecule has 1 fully saturated rings. The van der Waals surface area contributed by atoms with Gasteiger partial charge in [0.1, 0.15) is 0 Å². The van der Waals surface area contributed by atoms with Crippen LogP contribution in [0.5, 0.6) is 0 Å². The van der Waals surface area contributed by atoms with Gasteiger partial charge in [-0.2, -0.15) is 0 Å². The van der Waals surface area contributed by atoms with Crippen LogP contribution >= 0.6 is 0 Å². The second-order valence-corrected chi connectivity index (χ2v) is 4.52. The van der Waals surface area contributed by atoms with Gasteiger partial charge in [-0.15, -0.1) is 0 Å². The minimum atomic E-state index is -1.83. The molecule has 0 unspecified atom stereocenters. The Morgan fingerprint density at radius 1 is 1.12 bits per heavy atom. The molecule has 0 aliphatic heterocycles. The number of unbranched alkanes of at least 4 members (excludes halogenated alkanes) is 2. The average molecular weight is 232 g/mol. The van der Waals surface area contributed by atoms with E-state index in [4.69, 9.17) is 15.0 Å². The highest BCUT2D eigenvalue weighted by Crippen LogP contribution is 2.32. The van der Waals surface area contributed by atoms with E-state index in [-0.39, 0.29) is 5.60 Å². The summed E-state index contributed by atoms with van der Waals surface area (Å²) in [6.07, 6.45) is 8.88. The number of aliphatic hydroxyl groups is 1. The Bertz CT molecular complexity index is 181. The van der Waals surface area contributed by atoms with Crippen molar-refractivity contribution in [1.29, 1.82) is 0 Å². The van der Waals surface area contributed by atoms with Crippen LogP contribution in [0.25, 0.3) is 0 Å². The van der Waals surface area contributed by atoms with Crippen molar-refractivity contribution < 1.29 is 20.1 Å². The smallest absolute Gasteiger partial charge is 0.450 e. The monoisotopic (exact) mass is 232 g/mol. The lowest BCUT2D eigenvalue weighted by Crippen LogP contribution is -2.30. The molecule has 0 radical (unpaired) electrons. The van der Waals surface area contributed by atoms with E-state index in [1.54, 1.807) is 0 Å². The Balaban J connectivity index is 0.000000487. The Labute approximate surface area is 97.3 Å². The minimum Gasteiger partial charge on any atom is -0.450 e. The molecule has 4 heteroatoms. The number of carbonyl (C=O) groups is 1. The third-order valence-corrected chi connectivity index (χ3v) is 3.03. The van der Waals surface area contributed by atoms with Gasteiger partial charge in [0, 0.05) is 0 Å². The first-order valence-electron chi connectivity index (χ1n) is 6.14. The highest BCUT2D eigenvalue weighted by Gasteiger charge is 2.27. The van der Waals surface area contributed by atoms with Crippen LogP contribution in [-0.4, -0.2) is 27.1 Å². The van der Waals surface area contributed by atoms with Crippen molar-refractivity contribution in [2.75, 3.05) is 0 Å². The summed E-state index contributed by atoms with van der Waals surface area (Å²) in [7, 11) is 0. The minimum absolute atomic E-state index is 0.270. The van der Waals surface area contributed by atoms with Crippen molar-refractivity contribution in [1.82, 2.24) is 0 Å². The average Bonchev–Trinajstić information content (AvgIpc) is 2.18. The van der Waals surface area contributed by atoms with Crippen molar-refractivity contribution in [3.05, 3.63) is 0 Å². The maximum absolute atomic E-state index is 10.1. The number of hydrogen-bond acceptors (Lipinski definition) is 2. The van der Waals surface area contributed by atoms with E-state index in [1.165, 1.54) is 38.5 Å². The Hall–Kier alpha value is -0.770. The predicted octanol–water partition coefficient (Wildman–Crippen LogP) is 3.48. The van der Waals surface area contributed by atoms with Gasteiger partial charge >= 0.3 is 6.16 Å². The zero-order valence-corrected chi connectivity index (χ0v) is 10.1. The molecule has 96 valence electrons. The lowest BCUT2D eigenvalue weighted by Gasteiger charge is -2.32. The molecule has 0 saturated heterocycles. The van der Waals surface area contributed by atoms with Gasteiger partial charge in [-0.25, -0.2) is 4.79 Å². The van der Waals surface area contributed by atoms with Gasteiger partial charge < -0.3 is 15.3 Å². The van der Waals surface area contributed by atoms with E-state index in [2.05, 4.69) is 6.92 Å². The van der Waals surface area contributed by atoms with Gasteiger partial charge in [0.2, 0.25) is 0 Å². The Kier molecular flexibility index (Phi) is 7.99. The number of hydrogen-bond donors (Lipinski definition) is 3. The summed E-state index contributed by atoms with van der Waals surface area (Å²) >= 11 is 0. The van der Waals surface area contributed by atoms with Gasteiger partial charge in [0.05, 0.1) is 5.60 Å². The molecule has 0 heterocycles. The van der Waals surface area contributed by atoms with Crippen LogP contribution in [0.2, 0.25) is 0 Å². The first kappa shape index (κ1) is 15.2. The summed E-state index contributed by atoms with van der Waals surface area (Å²) in [6.45, 7) is 2.21. The quantitative estimate of drug-likeness (QED) is 0.648. The summed E-state index contributed by atoms with van der Waals surface area (Å²) in [5.41, 5.74) is -0.270. The lowest BCUT2D eigenvalue weighted by atomic mass is 9.81. The maximum Gasteiger partial charge on any atom is 0.503 e. The second-order valence-electron chi connectivity index (χ2n) is 4.52. The summed E-state index contributed by atoms with van der Waals surface area (Å²) in [5.74, 6) is 0. The molecular weight excluding hydrogens is 208 g/mol. The van der Waals surface area contributed by atoms with E-state index in [1.807, 2.05) is 0 Å². The molecule has 0 atom stereocenters. The molecule has 0 amide bonds. The van der Waals surface area contributed by atoms with E-state index >= 15 is 0 Å². The molecule has 1 aliphatic carbocycles. The van der Waals surface area contributed by atoms with Gasteiger partial charge in [-0.1, -0.05) is 45.4 Å². The molecule has 4 nitrogen and oxygen atoms in total. The van der Waals surface area contributed by atoms with Crippen LogP contribution < -0.4 is 0 Å². The zero-order valence-electron chi connectivity index (χ0n) is 10.1. The second kappa shape index (κ2) is 8.39. The molecule has 1 saturated carbocycles. The summed E-state index contributed by atoms with van der Waals surface area (Å²) in [4.78, 5) is 8.56. The van der Waals surface area contributed by atoms with Crippen molar-refractivity contribution >= 4 is 6.16 Å². The highest BCUT2D eigenvalue weighted by molar-refractivity contribution is 5.53. The first-order valence-corrected chi connectivity index (χ1v) is 6.14. The summed E-state index contributed by atoms with van der Waals surface area (Å²) in [5, 5.41) is 24.0. The SMILES string of the molecule is CCCCCC1(O)CCCCC1.O=C(O)O. The van der Waals surface area contributed by atoms with Crippen LogP contribution in [0, 0.1) is 0 Å². The number of rotatable bonds is 4. The van der Waals surface area contributed by atoms with Crippen molar-refractivity contribution in [3.63, 3.8) is 0 Å². The molecule has 0 aromatic rings. The van der Waals surface area contributed by atoms with Crippen LogP contribution in [-0.2, 0) is 0 Å². The summed E-state index contributed by atoms with van der Waals surface area (Å²) in [6, 6.07) is 0. The molecule has 0 aromatic heterocycles. The molecule has 1 aliphatic rings. The van der Waals surface area contributed by atoms with Gasteiger partial charge in [0.15, 0.2) is 0 Å². The first-order chi connectivity index (χ1) is 7.50. The Morgan fingerprint density at radius 3 is 2.06 bits per heavy atom. The van der Waals surface area contributed by atoms with E-state index < -0.39 is 6.16 Å². The molecule has 0 bridgehead atoms. The molecule has 0 spiro atoms. The van der Waals surface area contributed by atoms with Crippen LogP contribution in [0.1, 0.15) is 64.7 Å². The fourth-order valence-electron chi connectivity index (χ4n) is 2.16. The lowest BCUT2D eigenvalue weighted by molar-refractivity contribution is -0.00578. The number of carboxylic acid groups (broad SMARTS) is 2. The van der Waals surface area contributed by atoms with Crippen LogP contribution in [0.15, 0.2) is 0 Å². The topological polar surface area (TPSA) is 77.8 Å². The van der Waals surface area contributed by atoms with Crippen molar-refractivity contribution in [2.24, 2.45) is 0 Å². The van der Waals surface area contributed by atoms with E-state index in [0.717, 1.165) is 19.3 Å². The fraction of sp³-hybridized carbons (Fsp3) is 0.917. The molecule has 0 aromatic carbocycles. The standard InChI is InChI=1S/C11H22O.CH2O3/c1-2-3-5-8-11(12)9-6-4-7-10-11;2-1(3)4/h12H,2-10H2,1H3;(H2,2,3,4). The van der Waals surface area contributed by atoms with Gasteiger partial charge in [-0.05, 0) is 19.3 Å².